The van der Waals surface area contributed by atoms with Crippen molar-refractivity contribution in [2.24, 2.45) is 0 Å². The van der Waals surface area contributed by atoms with E-state index in [-0.39, 0.29) is 12.4 Å². The standard InChI is InChI=1S/C10H12N4O4/c1-3-18-9(16)10(17)8(15)14(2)6-4-11-5-12-7(6)13-10/h4-5,17H,3H2,1-2H3,(H,11,12,13). The number of anilines is 2. The molecular formula is C10H12N4O4. The zero-order valence-corrected chi connectivity index (χ0v) is 9.88. The number of ether oxygens (including phenoxy) is 1. The summed E-state index contributed by atoms with van der Waals surface area (Å²) in [5.41, 5.74) is -2.08. The third-order valence-electron chi connectivity index (χ3n) is 2.54. The molecule has 2 N–H and O–H groups in total. The summed E-state index contributed by atoms with van der Waals surface area (Å²) in [7, 11) is 1.41. The maximum Gasteiger partial charge on any atom is 0.370 e. The number of nitrogens with zero attached hydrogens (tertiary/aromatic N) is 3. The fourth-order valence-corrected chi connectivity index (χ4v) is 1.61. The number of carbonyl (C=O) groups excluding carboxylic acids is 2. The lowest BCUT2D eigenvalue weighted by molar-refractivity contribution is -0.167. The van der Waals surface area contributed by atoms with Crippen LogP contribution in [0.1, 0.15) is 6.92 Å². The first kappa shape index (κ1) is 12.2. The lowest BCUT2D eigenvalue weighted by Crippen LogP contribution is -2.62. The highest BCUT2D eigenvalue weighted by atomic mass is 16.6. The van der Waals surface area contributed by atoms with Crippen molar-refractivity contribution in [1.29, 1.82) is 0 Å². The van der Waals surface area contributed by atoms with Crippen molar-refractivity contribution in [2.75, 3.05) is 23.9 Å². The van der Waals surface area contributed by atoms with E-state index >= 15 is 0 Å². The van der Waals surface area contributed by atoms with E-state index in [2.05, 4.69) is 20.0 Å². The van der Waals surface area contributed by atoms with Crippen LogP contribution in [0.15, 0.2) is 12.5 Å². The maximum atomic E-state index is 12.0. The number of aliphatic hydroxyl groups is 1. The Morgan fingerprint density at radius 3 is 3.06 bits per heavy atom. The van der Waals surface area contributed by atoms with Crippen LogP contribution < -0.4 is 10.2 Å². The van der Waals surface area contributed by atoms with E-state index in [1.165, 1.54) is 19.6 Å². The van der Waals surface area contributed by atoms with Crippen molar-refractivity contribution in [2.45, 2.75) is 12.6 Å². The zero-order valence-electron chi connectivity index (χ0n) is 9.88. The van der Waals surface area contributed by atoms with Crippen LogP contribution in [0.2, 0.25) is 0 Å². The Balaban J connectivity index is 2.43. The highest BCUT2D eigenvalue weighted by Gasteiger charge is 2.52. The van der Waals surface area contributed by atoms with Gasteiger partial charge in [-0.3, -0.25) is 4.79 Å². The molecule has 0 bridgehead atoms. The first-order valence-corrected chi connectivity index (χ1v) is 5.26. The summed E-state index contributed by atoms with van der Waals surface area (Å²) in [5, 5.41) is 12.5. The van der Waals surface area contributed by atoms with E-state index in [4.69, 9.17) is 0 Å². The number of hydrogen-bond acceptors (Lipinski definition) is 7. The molecule has 2 rings (SSSR count). The van der Waals surface area contributed by atoms with Crippen molar-refractivity contribution >= 4 is 23.4 Å². The molecule has 8 heteroatoms. The Hall–Kier alpha value is -2.22. The summed E-state index contributed by atoms with van der Waals surface area (Å²) < 4.78 is 4.68. The van der Waals surface area contributed by atoms with Gasteiger partial charge in [-0.15, -0.1) is 0 Å². The van der Waals surface area contributed by atoms with Gasteiger partial charge in [-0.1, -0.05) is 0 Å². The second-order valence-corrected chi connectivity index (χ2v) is 3.68. The largest absolute Gasteiger partial charge is 0.462 e. The second-order valence-electron chi connectivity index (χ2n) is 3.68. The van der Waals surface area contributed by atoms with Gasteiger partial charge in [-0.05, 0) is 6.92 Å². The molecule has 0 saturated heterocycles. The van der Waals surface area contributed by atoms with Crippen LogP contribution in [0.4, 0.5) is 11.5 Å². The van der Waals surface area contributed by atoms with Crippen LogP contribution in [0.25, 0.3) is 0 Å². The van der Waals surface area contributed by atoms with Gasteiger partial charge in [0.2, 0.25) is 0 Å². The molecule has 8 nitrogen and oxygen atoms in total. The molecule has 96 valence electrons. The van der Waals surface area contributed by atoms with Gasteiger partial charge in [0.1, 0.15) is 12.0 Å². The second kappa shape index (κ2) is 4.22. The highest BCUT2D eigenvalue weighted by Crippen LogP contribution is 2.31. The fourth-order valence-electron chi connectivity index (χ4n) is 1.61. The smallest absolute Gasteiger partial charge is 0.370 e. The quantitative estimate of drug-likeness (QED) is 0.520. The molecule has 0 fully saturated rings. The van der Waals surface area contributed by atoms with E-state index < -0.39 is 17.6 Å². The summed E-state index contributed by atoms with van der Waals surface area (Å²) in [5.74, 6) is -1.72. The molecule has 1 aromatic rings. The van der Waals surface area contributed by atoms with Crippen LogP contribution in [-0.4, -0.2) is 46.3 Å². The van der Waals surface area contributed by atoms with Gasteiger partial charge in [-0.2, -0.15) is 0 Å². The normalized spacial score (nSPS) is 22.2. The number of nitrogens with one attached hydrogen (secondary N) is 1. The zero-order chi connectivity index (χ0) is 13.3. The van der Waals surface area contributed by atoms with Crippen LogP contribution >= 0.6 is 0 Å². The molecule has 0 aromatic carbocycles. The van der Waals surface area contributed by atoms with Gasteiger partial charge in [0.05, 0.1) is 12.8 Å². The summed E-state index contributed by atoms with van der Waals surface area (Å²) in [6.07, 6.45) is 2.64. The minimum absolute atomic E-state index is 0.0520. The lowest BCUT2D eigenvalue weighted by Gasteiger charge is -2.35. The number of aromatic nitrogens is 2. The van der Waals surface area contributed by atoms with Gasteiger partial charge < -0.3 is 20.1 Å². The van der Waals surface area contributed by atoms with E-state index in [0.29, 0.717) is 5.69 Å². The Kier molecular flexibility index (Phi) is 2.87. The third-order valence-corrected chi connectivity index (χ3v) is 2.54. The third kappa shape index (κ3) is 1.66. The monoisotopic (exact) mass is 252 g/mol. The van der Waals surface area contributed by atoms with Gasteiger partial charge in [-0.25, -0.2) is 14.8 Å². The Morgan fingerprint density at radius 2 is 2.39 bits per heavy atom. The number of amides is 1. The number of fused-ring (bicyclic) bond motifs is 1. The molecular weight excluding hydrogens is 240 g/mol. The summed E-state index contributed by atoms with van der Waals surface area (Å²) in [4.78, 5) is 32.4. The Morgan fingerprint density at radius 1 is 1.67 bits per heavy atom. The van der Waals surface area contributed by atoms with Crippen LogP contribution in [0, 0.1) is 0 Å². The first-order valence-electron chi connectivity index (χ1n) is 5.26. The molecule has 0 aliphatic carbocycles. The van der Waals surface area contributed by atoms with Gasteiger partial charge >= 0.3 is 11.7 Å². The number of rotatable bonds is 2. The minimum atomic E-state index is -2.45. The van der Waals surface area contributed by atoms with Crippen molar-refractivity contribution in [3.8, 4) is 0 Å². The van der Waals surface area contributed by atoms with Gasteiger partial charge in [0.15, 0.2) is 5.82 Å². The average Bonchev–Trinajstić information content (AvgIpc) is 2.36. The summed E-state index contributed by atoms with van der Waals surface area (Å²) in [6, 6.07) is 0. The Bertz CT molecular complexity index is 506. The van der Waals surface area contributed by atoms with E-state index in [1.54, 1.807) is 6.92 Å². The Labute approximate surface area is 103 Å². The topological polar surface area (TPSA) is 105 Å². The molecule has 0 spiro atoms. The van der Waals surface area contributed by atoms with E-state index in [9.17, 15) is 14.7 Å². The van der Waals surface area contributed by atoms with Crippen molar-refractivity contribution < 1.29 is 19.4 Å². The molecule has 1 atom stereocenters. The molecule has 2 heterocycles. The molecule has 18 heavy (non-hydrogen) atoms. The van der Waals surface area contributed by atoms with Gasteiger partial charge in [0, 0.05) is 7.05 Å². The number of likely N-dealkylation sites (N-methyl/N-ethyl adjacent to an activating group) is 1. The van der Waals surface area contributed by atoms with Crippen LogP contribution in [0.3, 0.4) is 0 Å². The van der Waals surface area contributed by atoms with Crippen molar-refractivity contribution in [1.82, 2.24) is 9.97 Å². The minimum Gasteiger partial charge on any atom is -0.462 e. The molecule has 1 aliphatic rings. The van der Waals surface area contributed by atoms with Crippen molar-refractivity contribution in [3.63, 3.8) is 0 Å². The van der Waals surface area contributed by atoms with Crippen LogP contribution in [0.5, 0.6) is 0 Å². The number of hydrogen-bond donors (Lipinski definition) is 2. The average molecular weight is 252 g/mol. The van der Waals surface area contributed by atoms with E-state index in [1.807, 2.05) is 0 Å². The fraction of sp³-hybridized carbons (Fsp3) is 0.400. The predicted molar refractivity (Wildman–Crippen MR) is 60.6 cm³/mol. The SMILES string of the molecule is CCOC(=O)C1(O)Nc2ncncc2N(C)C1=O. The summed E-state index contributed by atoms with van der Waals surface area (Å²) in [6.45, 7) is 1.63. The van der Waals surface area contributed by atoms with Gasteiger partial charge in [0.25, 0.3) is 5.91 Å². The summed E-state index contributed by atoms with van der Waals surface area (Å²) >= 11 is 0. The molecule has 1 amide bonds. The molecule has 1 unspecified atom stereocenters. The first-order chi connectivity index (χ1) is 8.50. The number of carbonyl (C=O) groups is 2. The molecule has 0 radical (unpaired) electrons. The molecule has 0 saturated carbocycles. The lowest BCUT2D eigenvalue weighted by atomic mass is 10.1. The van der Waals surface area contributed by atoms with E-state index in [0.717, 1.165) is 4.90 Å². The van der Waals surface area contributed by atoms with Crippen molar-refractivity contribution in [3.05, 3.63) is 12.5 Å². The number of esters is 1. The molecule has 1 aliphatic heterocycles. The maximum absolute atomic E-state index is 12.0. The van der Waals surface area contributed by atoms with Crippen LogP contribution in [-0.2, 0) is 14.3 Å². The highest BCUT2D eigenvalue weighted by molar-refractivity contribution is 6.17. The predicted octanol–water partition coefficient (Wildman–Crippen LogP) is -0.883. The molecule has 1 aromatic heterocycles.